The van der Waals surface area contributed by atoms with E-state index in [4.69, 9.17) is 19.4 Å². The van der Waals surface area contributed by atoms with Gasteiger partial charge in [0.25, 0.3) is 0 Å². The zero-order valence-electron chi connectivity index (χ0n) is 26.3. The van der Waals surface area contributed by atoms with Crippen molar-refractivity contribution in [1.82, 2.24) is 15.0 Å². The Kier molecular flexibility index (Phi) is 6.15. The summed E-state index contributed by atoms with van der Waals surface area (Å²) < 4.78 is 6.45. The fraction of sp³-hybridized carbons (Fsp3) is 0. The Labute approximate surface area is 282 Å². The van der Waals surface area contributed by atoms with E-state index in [2.05, 4.69) is 103 Å². The monoisotopic (exact) mass is 625 g/mol. The maximum absolute atomic E-state index is 6.45. The van der Waals surface area contributed by atoms with Gasteiger partial charge in [0.1, 0.15) is 11.2 Å². The van der Waals surface area contributed by atoms with Gasteiger partial charge in [-0.15, -0.1) is 0 Å². The average molecular weight is 626 g/mol. The highest BCUT2D eigenvalue weighted by Crippen LogP contribution is 2.40. The molecule has 0 bridgehead atoms. The van der Waals surface area contributed by atoms with Crippen LogP contribution in [-0.4, -0.2) is 15.0 Å². The van der Waals surface area contributed by atoms with Gasteiger partial charge in [0.15, 0.2) is 5.82 Å². The molecule has 0 N–H and O–H groups in total. The molecule has 0 unspecified atom stereocenters. The molecule has 0 aliphatic rings. The van der Waals surface area contributed by atoms with E-state index in [0.29, 0.717) is 5.82 Å². The third-order valence-corrected chi connectivity index (χ3v) is 9.52. The summed E-state index contributed by atoms with van der Waals surface area (Å²) >= 11 is 0. The van der Waals surface area contributed by atoms with Gasteiger partial charge >= 0.3 is 0 Å². The van der Waals surface area contributed by atoms with Crippen LogP contribution in [0.25, 0.3) is 99.4 Å². The van der Waals surface area contributed by atoms with E-state index in [-0.39, 0.29) is 0 Å². The lowest BCUT2D eigenvalue weighted by Gasteiger charge is -2.11. The minimum atomic E-state index is 0.662. The second-order valence-corrected chi connectivity index (χ2v) is 12.4. The van der Waals surface area contributed by atoms with Crippen molar-refractivity contribution in [2.75, 3.05) is 0 Å². The van der Waals surface area contributed by atoms with E-state index in [1.165, 1.54) is 21.5 Å². The zero-order valence-corrected chi connectivity index (χ0v) is 26.3. The van der Waals surface area contributed by atoms with Crippen molar-refractivity contribution in [3.05, 3.63) is 164 Å². The quantitative estimate of drug-likeness (QED) is 0.183. The predicted octanol–water partition coefficient (Wildman–Crippen LogP) is 11.9. The molecule has 0 saturated heterocycles. The first kappa shape index (κ1) is 27.5. The SMILES string of the molecule is c1ccc(-c2cc(-c3ccccc3)nc(-c3cccc4oc5ccc(-c6ccc7c8ccccc8c8ncccc8c7c6)cc5c34)n2)cc1. The highest BCUT2D eigenvalue weighted by Gasteiger charge is 2.18. The van der Waals surface area contributed by atoms with Crippen molar-refractivity contribution < 1.29 is 4.42 Å². The first-order valence-electron chi connectivity index (χ1n) is 16.4. The lowest BCUT2D eigenvalue weighted by molar-refractivity contribution is 0.669. The molecule has 0 saturated carbocycles. The molecule has 228 valence electrons. The minimum Gasteiger partial charge on any atom is -0.456 e. The second-order valence-electron chi connectivity index (χ2n) is 12.4. The van der Waals surface area contributed by atoms with Crippen LogP contribution in [0.1, 0.15) is 0 Å². The molecule has 0 radical (unpaired) electrons. The van der Waals surface area contributed by atoms with Crippen molar-refractivity contribution in [3.8, 4) is 45.0 Å². The van der Waals surface area contributed by atoms with Crippen LogP contribution >= 0.6 is 0 Å². The van der Waals surface area contributed by atoms with Gasteiger partial charge < -0.3 is 4.42 Å². The van der Waals surface area contributed by atoms with Crippen molar-refractivity contribution in [2.45, 2.75) is 0 Å². The second kappa shape index (κ2) is 11.0. The van der Waals surface area contributed by atoms with Crippen LogP contribution in [0.2, 0.25) is 0 Å². The smallest absolute Gasteiger partial charge is 0.161 e. The maximum Gasteiger partial charge on any atom is 0.161 e. The Hall–Kier alpha value is -6.65. The van der Waals surface area contributed by atoms with E-state index in [9.17, 15) is 0 Å². The predicted molar refractivity (Wildman–Crippen MR) is 201 cm³/mol. The number of rotatable bonds is 4. The summed E-state index contributed by atoms with van der Waals surface area (Å²) in [5.74, 6) is 0.662. The standard InChI is InChI=1S/C45H27N3O/c1-3-11-28(12-4-1)39-27-40(29-13-5-2-6-14-29)48-45(47-39)36-17-9-19-42-43(36)38-26-31(21-23-41(38)49-42)30-20-22-33-32-15-7-8-16-34(32)44-35(37(33)25-30)18-10-24-46-44/h1-27H. The largest absolute Gasteiger partial charge is 0.456 e. The van der Waals surface area contributed by atoms with E-state index in [1.807, 2.05) is 60.8 Å². The van der Waals surface area contributed by atoms with Crippen LogP contribution in [0.3, 0.4) is 0 Å². The van der Waals surface area contributed by atoms with Gasteiger partial charge in [-0.1, -0.05) is 121 Å². The first-order valence-corrected chi connectivity index (χ1v) is 16.4. The van der Waals surface area contributed by atoms with Crippen LogP contribution in [0.5, 0.6) is 0 Å². The van der Waals surface area contributed by atoms with Gasteiger partial charge in [-0.3, -0.25) is 4.98 Å². The summed E-state index contributed by atoms with van der Waals surface area (Å²) in [5, 5.41) is 7.99. The number of hydrogen-bond acceptors (Lipinski definition) is 4. The van der Waals surface area contributed by atoms with Crippen LogP contribution in [0.4, 0.5) is 0 Å². The van der Waals surface area contributed by atoms with Gasteiger partial charge in [-0.2, -0.15) is 0 Å². The number of furan rings is 1. The Balaban J connectivity index is 1.19. The molecule has 7 aromatic carbocycles. The Morgan fingerprint density at radius 2 is 1.00 bits per heavy atom. The highest BCUT2D eigenvalue weighted by atomic mass is 16.3. The van der Waals surface area contributed by atoms with Crippen LogP contribution in [-0.2, 0) is 0 Å². The Bertz CT molecular complexity index is 2780. The maximum atomic E-state index is 6.45. The van der Waals surface area contributed by atoms with Gasteiger partial charge in [0.05, 0.1) is 16.9 Å². The summed E-state index contributed by atoms with van der Waals surface area (Å²) in [5.41, 5.74) is 9.68. The third kappa shape index (κ3) is 4.49. The zero-order chi connectivity index (χ0) is 32.3. The molecule has 4 nitrogen and oxygen atoms in total. The van der Waals surface area contributed by atoms with Crippen LogP contribution in [0, 0.1) is 0 Å². The summed E-state index contributed by atoms with van der Waals surface area (Å²) in [6, 6.07) is 54.8. The Morgan fingerprint density at radius 1 is 0.388 bits per heavy atom. The molecule has 0 fully saturated rings. The van der Waals surface area contributed by atoms with Crippen LogP contribution in [0.15, 0.2) is 168 Å². The van der Waals surface area contributed by atoms with E-state index in [0.717, 1.165) is 72.0 Å². The van der Waals surface area contributed by atoms with Gasteiger partial charge in [-0.05, 0) is 63.7 Å². The van der Waals surface area contributed by atoms with Crippen LogP contribution < -0.4 is 0 Å². The van der Waals surface area contributed by atoms with Gasteiger partial charge in [-0.25, -0.2) is 9.97 Å². The topological polar surface area (TPSA) is 51.8 Å². The highest BCUT2D eigenvalue weighted by molar-refractivity contribution is 6.24. The van der Waals surface area contributed by atoms with Crippen molar-refractivity contribution in [2.24, 2.45) is 0 Å². The van der Waals surface area contributed by atoms with E-state index < -0.39 is 0 Å². The fourth-order valence-corrected chi connectivity index (χ4v) is 7.22. The molecule has 10 aromatic rings. The normalized spacial score (nSPS) is 11.7. The van der Waals surface area contributed by atoms with Gasteiger partial charge in [0.2, 0.25) is 0 Å². The summed E-state index contributed by atoms with van der Waals surface area (Å²) in [4.78, 5) is 15.1. The number of benzene rings is 7. The molecule has 3 aromatic heterocycles. The number of fused-ring (bicyclic) bond motifs is 9. The summed E-state index contributed by atoms with van der Waals surface area (Å²) in [6.07, 6.45) is 1.88. The van der Waals surface area contributed by atoms with Crippen molar-refractivity contribution in [1.29, 1.82) is 0 Å². The fourth-order valence-electron chi connectivity index (χ4n) is 7.22. The number of nitrogens with zero attached hydrogens (tertiary/aromatic N) is 3. The lowest BCUT2D eigenvalue weighted by Crippen LogP contribution is -1.96. The number of aromatic nitrogens is 3. The number of hydrogen-bond donors (Lipinski definition) is 0. The molecular formula is C45H27N3O. The molecule has 10 rings (SSSR count). The third-order valence-electron chi connectivity index (χ3n) is 9.52. The molecule has 0 amide bonds. The van der Waals surface area contributed by atoms with Crippen molar-refractivity contribution >= 4 is 54.4 Å². The molecular weight excluding hydrogens is 599 g/mol. The minimum absolute atomic E-state index is 0.662. The summed E-state index contributed by atoms with van der Waals surface area (Å²) in [6.45, 7) is 0. The molecule has 0 aliphatic heterocycles. The van der Waals surface area contributed by atoms with E-state index >= 15 is 0 Å². The lowest BCUT2D eigenvalue weighted by atomic mass is 9.93. The molecule has 3 heterocycles. The van der Waals surface area contributed by atoms with Crippen molar-refractivity contribution in [3.63, 3.8) is 0 Å². The summed E-state index contributed by atoms with van der Waals surface area (Å²) in [7, 11) is 0. The average Bonchev–Trinajstić information content (AvgIpc) is 3.57. The molecule has 0 atom stereocenters. The molecule has 4 heteroatoms. The molecule has 0 spiro atoms. The number of pyridine rings is 1. The van der Waals surface area contributed by atoms with Gasteiger partial charge in [0, 0.05) is 44.4 Å². The molecule has 49 heavy (non-hydrogen) atoms. The first-order chi connectivity index (χ1) is 24.3. The molecule has 0 aliphatic carbocycles. The van der Waals surface area contributed by atoms with E-state index in [1.54, 1.807) is 0 Å². The Morgan fingerprint density at radius 3 is 1.76 bits per heavy atom.